The standard InChI is InChI=1S/C16H25N3O2/c1-12(9-18-16(20)15(17)11-21-2)19-8-7-13-5-3-4-6-14(13)10-19/h3-6,12,15H,7-11,17H2,1-2H3,(H,18,20). The largest absolute Gasteiger partial charge is 0.383 e. The molecular formula is C16H25N3O2. The van der Waals surface area contributed by atoms with Crippen LogP contribution in [0.2, 0.25) is 0 Å². The van der Waals surface area contributed by atoms with Crippen molar-refractivity contribution < 1.29 is 9.53 Å². The Morgan fingerprint density at radius 2 is 2.14 bits per heavy atom. The number of carbonyl (C=O) groups excluding carboxylic acids is 1. The van der Waals surface area contributed by atoms with Gasteiger partial charge in [0.15, 0.2) is 0 Å². The first-order chi connectivity index (χ1) is 10.1. The lowest BCUT2D eigenvalue weighted by Gasteiger charge is -2.34. The summed E-state index contributed by atoms with van der Waals surface area (Å²) in [4.78, 5) is 14.2. The van der Waals surface area contributed by atoms with Crippen LogP contribution in [0.4, 0.5) is 0 Å². The van der Waals surface area contributed by atoms with Crippen molar-refractivity contribution in [2.75, 3.05) is 26.8 Å². The Morgan fingerprint density at radius 1 is 1.43 bits per heavy atom. The van der Waals surface area contributed by atoms with Gasteiger partial charge in [-0.1, -0.05) is 24.3 Å². The molecule has 1 aromatic rings. The summed E-state index contributed by atoms with van der Waals surface area (Å²) in [5.74, 6) is -0.152. The van der Waals surface area contributed by atoms with Crippen LogP contribution in [0.5, 0.6) is 0 Å². The predicted octanol–water partition coefficient (Wildman–Crippen LogP) is 0.523. The smallest absolute Gasteiger partial charge is 0.239 e. The Bertz CT molecular complexity index is 478. The summed E-state index contributed by atoms with van der Waals surface area (Å²) in [6.45, 7) is 4.96. The molecule has 5 nitrogen and oxygen atoms in total. The van der Waals surface area contributed by atoms with Gasteiger partial charge in [-0.25, -0.2) is 0 Å². The van der Waals surface area contributed by atoms with Crippen molar-refractivity contribution in [1.82, 2.24) is 10.2 Å². The number of ether oxygens (including phenoxy) is 1. The van der Waals surface area contributed by atoms with Crippen LogP contribution < -0.4 is 11.1 Å². The summed E-state index contributed by atoms with van der Waals surface area (Å²) in [5.41, 5.74) is 8.53. The first kappa shape index (κ1) is 15.9. The van der Waals surface area contributed by atoms with Crippen LogP contribution in [-0.2, 0) is 22.5 Å². The highest BCUT2D eigenvalue weighted by Gasteiger charge is 2.21. The lowest BCUT2D eigenvalue weighted by atomic mass is 9.99. The molecule has 0 saturated heterocycles. The molecule has 2 rings (SSSR count). The number of amides is 1. The highest BCUT2D eigenvalue weighted by molar-refractivity contribution is 5.81. The summed E-state index contributed by atoms with van der Waals surface area (Å²) in [7, 11) is 1.54. The van der Waals surface area contributed by atoms with Crippen LogP contribution in [0, 0.1) is 0 Å². The van der Waals surface area contributed by atoms with Crippen LogP contribution in [-0.4, -0.2) is 49.7 Å². The highest BCUT2D eigenvalue weighted by Crippen LogP contribution is 2.19. The zero-order valence-corrected chi connectivity index (χ0v) is 12.8. The van der Waals surface area contributed by atoms with Gasteiger partial charge in [-0.2, -0.15) is 0 Å². The van der Waals surface area contributed by atoms with Gasteiger partial charge in [0.05, 0.1) is 6.61 Å². The van der Waals surface area contributed by atoms with E-state index in [-0.39, 0.29) is 18.6 Å². The third-order valence-electron chi connectivity index (χ3n) is 4.04. The fraction of sp³-hybridized carbons (Fsp3) is 0.562. The zero-order chi connectivity index (χ0) is 15.2. The van der Waals surface area contributed by atoms with Gasteiger partial charge in [0.2, 0.25) is 5.91 Å². The molecule has 1 aromatic carbocycles. The van der Waals surface area contributed by atoms with Gasteiger partial charge < -0.3 is 15.8 Å². The van der Waals surface area contributed by atoms with Crippen LogP contribution in [0.25, 0.3) is 0 Å². The quantitative estimate of drug-likeness (QED) is 0.802. The van der Waals surface area contributed by atoms with E-state index in [0.717, 1.165) is 19.5 Å². The molecule has 2 atom stereocenters. The number of hydrogen-bond donors (Lipinski definition) is 2. The first-order valence-electron chi connectivity index (χ1n) is 7.45. The number of methoxy groups -OCH3 is 1. The Labute approximate surface area is 126 Å². The van der Waals surface area contributed by atoms with Crippen LogP contribution in [0.1, 0.15) is 18.1 Å². The number of carbonyl (C=O) groups is 1. The normalized spacial score (nSPS) is 17.9. The molecule has 0 aliphatic carbocycles. The summed E-state index contributed by atoms with van der Waals surface area (Å²) in [6.07, 6.45) is 1.07. The second-order valence-electron chi connectivity index (χ2n) is 5.65. The second kappa shape index (κ2) is 7.54. The summed E-state index contributed by atoms with van der Waals surface area (Å²) >= 11 is 0. The molecule has 0 aromatic heterocycles. The minimum absolute atomic E-state index is 0.152. The van der Waals surface area contributed by atoms with Crippen LogP contribution in [0.3, 0.4) is 0 Å². The van der Waals surface area contributed by atoms with Crippen molar-refractivity contribution in [2.45, 2.75) is 32.0 Å². The average Bonchev–Trinajstić information content (AvgIpc) is 2.52. The molecule has 1 amide bonds. The Morgan fingerprint density at radius 3 is 2.86 bits per heavy atom. The fourth-order valence-electron chi connectivity index (χ4n) is 2.66. The molecule has 0 radical (unpaired) electrons. The van der Waals surface area contributed by atoms with Gasteiger partial charge >= 0.3 is 0 Å². The van der Waals surface area contributed by atoms with E-state index in [4.69, 9.17) is 10.5 Å². The lowest BCUT2D eigenvalue weighted by molar-refractivity contribution is -0.123. The molecule has 3 N–H and O–H groups in total. The molecule has 1 aliphatic rings. The van der Waals surface area contributed by atoms with Crippen molar-refractivity contribution in [2.24, 2.45) is 5.73 Å². The van der Waals surface area contributed by atoms with Gasteiger partial charge in [0.1, 0.15) is 6.04 Å². The fourth-order valence-corrected chi connectivity index (χ4v) is 2.66. The average molecular weight is 291 g/mol. The summed E-state index contributed by atoms with van der Waals surface area (Å²) in [5, 5.41) is 2.90. The predicted molar refractivity (Wildman–Crippen MR) is 82.9 cm³/mol. The van der Waals surface area contributed by atoms with Gasteiger partial charge in [-0.05, 0) is 24.5 Å². The van der Waals surface area contributed by atoms with Crippen molar-refractivity contribution in [3.8, 4) is 0 Å². The summed E-state index contributed by atoms with van der Waals surface area (Å²) in [6, 6.07) is 8.25. The molecule has 116 valence electrons. The molecule has 0 saturated carbocycles. The van der Waals surface area contributed by atoms with Crippen LogP contribution in [0.15, 0.2) is 24.3 Å². The van der Waals surface area contributed by atoms with Gasteiger partial charge in [0, 0.05) is 32.8 Å². The molecular weight excluding hydrogens is 266 g/mol. The zero-order valence-electron chi connectivity index (χ0n) is 12.8. The molecule has 0 bridgehead atoms. The summed E-state index contributed by atoms with van der Waals surface area (Å²) < 4.78 is 4.89. The van der Waals surface area contributed by atoms with E-state index in [1.807, 2.05) is 0 Å². The number of benzene rings is 1. The molecule has 1 aliphatic heterocycles. The Hall–Kier alpha value is -1.43. The Balaban J connectivity index is 1.82. The van der Waals surface area contributed by atoms with E-state index in [0.29, 0.717) is 6.54 Å². The van der Waals surface area contributed by atoms with E-state index < -0.39 is 6.04 Å². The van der Waals surface area contributed by atoms with E-state index in [9.17, 15) is 4.79 Å². The minimum atomic E-state index is -0.593. The molecule has 1 heterocycles. The van der Waals surface area contributed by atoms with Crippen molar-refractivity contribution in [1.29, 1.82) is 0 Å². The van der Waals surface area contributed by atoms with Crippen molar-refractivity contribution in [3.63, 3.8) is 0 Å². The number of hydrogen-bond acceptors (Lipinski definition) is 4. The lowest BCUT2D eigenvalue weighted by Crippen LogP contribution is -2.49. The van der Waals surface area contributed by atoms with E-state index in [2.05, 4.69) is 41.4 Å². The third kappa shape index (κ3) is 4.27. The second-order valence-corrected chi connectivity index (χ2v) is 5.65. The van der Waals surface area contributed by atoms with Crippen molar-refractivity contribution in [3.05, 3.63) is 35.4 Å². The molecule has 5 heteroatoms. The highest BCUT2D eigenvalue weighted by atomic mass is 16.5. The Kier molecular flexibility index (Phi) is 5.73. The monoisotopic (exact) mass is 291 g/mol. The number of rotatable bonds is 6. The third-order valence-corrected chi connectivity index (χ3v) is 4.04. The number of fused-ring (bicyclic) bond motifs is 1. The molecule has 0 spiro atoms. The molecule has 0 fully saturated rings. The van der Waals surface area contributed by atoms with Crippen LogP contribution >= 0.6 is 0 Å². The van der Waals surface area contributed by atoms with Crippen molar-refractivity contribution >= 4 is 5.91 Å². The molecule has 21 heavy (non-hydrogen) atoms. The van der Waals surface area contributed by atoms with Gasteiger partial charge in [0.25, 0.3) is 0 Å². The first-order valence-corrected chi connectivity index (χ1v) is 7.45. The van der Waals surface area contributed by atoms with E-state index in [1.54, 1.807) is 7.11 Å². The maximum Gasteiger partial charge on any atom is 0.239 e. The maximum atomic E-state index is 11.8. The van der Waals surface area contributed by atoms with E-state index >= 15 is 0 Å². The molecule has 2 unspecified atom stereocenters. The number of nitrogens with two attached hydrogens (primary N) is 1. The SMILES string of the molecule is COCC(N)C(=O)NCC(C)N1CCc2ccccc2C1. The topological polar surface area (TPSA) is 67.6 Å². The number of nitrogens with one attached hydrogen (secondary N) is 1. The van der Waals surface area contributed by atoms with E-state index in [1.165, 1.54) is 11.1 Å². The minimum Gasteiger partial charge on any atom is -0.383 e. The maximum absolute atomic E-state index is 11.8. The number of nitrogens with zero attached hydrogens (tertiary/aromatic N) is 1. The van der Waals surface area contributed by atoms with Gasteiger partial charge in [-0.3, -0.25) is 9.69 Å². The van der Waals surface area contributed by atoms with Gasteiger partial charge in [-0.15, -0.1) is 0 Å².